The Kier molecular flexibility index (Phi) is 7.14. The standard InChI is InChI=1S/C22H22ClF4N3O2S/c1-13-7-18(32-29-13)11-21(30-33(31)20(2,3)4,19-6-5-16(23)12-28-19)14-8-15(22(25,26)27)10-17(24)9-14/h5-10,12,30H,11H2,1-4H3/t21-,33-/m0/s1. The number of hydrogen-bond donors (Lipinski definition) is 1. The molecule has 0 amide bonds. The van der Waals surface area contributed by atoms with Crippen LogP contribution >= 0.6 is 11.6 Å². The zero-order valence-corrected chi connectivity index (χ0v) is 19.8. The van der Waals surface area contributed by atoms with Crippen molar-refractivity contribution in [3.63, 3.8) is 0 Å². The second kappa shape index (κ2) is 9.25. The average molecular weight is 504 g/mol. The fourth-order valence-electron chi connectivity index (χ4n) is 3.19. The summed E-state index contributed by atoms with van der Waals surface area (Å²) in [4.78, 5) is 4.29. The van der Waals surface area contributed by atoms with Gasteiger partial charge in [-0.1, -0.05) is 16.8 Å². The minimum atomic E-state index is -4.80. The van der Waals surface area contributed by atoms with Crippen LogP contribution in [0.25, 0.3) is 0 Å². The second-order valence-electron chi connectivity index (χ2n) is 8.59. The predicted octanol–water partition coefficient (Wildman–Crippen LogP) is 5.73. The zero-order valence-electron chi connectivity index (χ0n) is 18.3. The van der Waals surface area contributed by atoms with Crippen molar-refractivity contribution in [1.82, 2.24) is 14.9 Å². The summed E-state index contributed by atoms with van der Waals surface area (Å²) in [6, 6.07) is 6.75. The highest BCUT2D eigenvalue weighted by Crippen LogP contribution is 2.39. The molecular formula is C22H22ClF4N3O2S. The first kappa shape index (κ1) is 25.5. The van der Waals surface area contributed by atoms with E-state index in [-0.39, 0.29) is 28.5 Å². The van der Waals surface area contributed by atoms with Gasteiger partial charge in [-0.05, 0) is 63.6 Å². The molecule has 0 bridgehead atoms. The van der Waals surface area contributed by atoms with Gasteiger partial charge >= 0.3 is 6.18 Å². The summed E-state index contributed by atoms with van der Waals surface area (Å²) in [7, 11) is 0. The number of aromatic nitrogens is 2. The monoisotopic (exact) mass is 503 g/mol. The summed E-state index contributed by atoms with van der Waals surface area (Å²) in [5.74, 6) is -0.823. The van der Waals surface area contributed by atoms with Crippen LogP contribution in [-0.4, -0.2) is 19.4 Å². The summed E-state index contributed by atoms with van der Waals surface area (Å²) >= 11 is 4.18. The van der Waals surface area contributed by atoms with Gasteiger partial charge in [0.2, 0.25) is 0 Å². The molecule has 3 rings (SSSR count). The van der Waals surface area contributed by atoms with E-state index >= 15 is 0 Å². The van der Waals surface area contributed by atoms with Crippen molar-refractivity contribution in [2.45, 2.75) is 50.6 Å². The van der Waals surface area contributed by atoms with Gasteiger partial charge in [0.15, 0.2) is 0 Å². The molecule has 0 saturated heterocycles. The maximum atomic E-state index is 14.5. The quantitative estimate of drug-likeness (QED) is 0.343. The lowest BCUT2D eigenvalue weighted by Gasteiger charge is -2.37. The fraction of sp³-hybridized carbons (Fsp3) is 0.364. The van der Waals surface area contributed by atoms with E-state index in [9.17, 15) is 22.1 Å². The van der Waals surface area contributed by atoms with Crippen LogP contribution in [0.15, 0.2) is 47.1 Å². The van der Waals surface area contributed by atoms with Crippen LogP contribution in [-0.2, 0) is 29.5 Å². The van der Waals surface area contributed by atoms with Gasteiger partial charge < -0.3 is 9.08 Å². The SMILES string of the molecule is Cc1cc(C[C@](N[S@@+]([O-])C(C)(C)C)(c2cc(F)cc(C(F)(F)F)c2)c2ccc(Cl)cn2)on1. The molecule has 0 aliphatic carbocycles. The number of nitrogens with zero attached hydrogens (tertiary/aromatic N) is 2. The van der Waals surface area contributed by atoms with Crippen LogP contribution in [0.4, 0.5) is 17.6 Å². The summed E-state index contributed by atoms with van der Waals surface area (Å²) in [6.07, 6.45) is -3.64. The molecule has 5 nitrogen and oxygen atoms in total. The van der Waals surface area contributed by atoms with Crippen molar-refractivity contribution in [1.29, 1.82) is 0 Å². The number of aryl methyl sites for hydroxylation is 1. The molecule has 0 radical (unpaired) electrons. The summed E-state index contributed by atoms with van der Waals surface area (Å²) < 4.78 is 75.9. The van der Waals surface area contributed by atoms with Crippen molar-refractivity contribution in [3.05, 3.63) is 81.7 Å². The van der Waals surface area contributed by atoms with E-state index in [0.29, 0.717) is 11.8 Å². The van der Waals surface area contributed by atoms with Crippen LogP contribution < -0.4 is 4.72 Å². The number of hydrogen-bond acceptors (Lipinski definition) is 5. The second-order valence-corrected chi connectivity index (χ2v) is 11.0. The van der Waals surface area contributed by atoms with Gasteiger partial charge in [-0.15, -0.1) is 4.72 Å². The summed E-state index contributed by atoms with van der Waals surface area (Å²) in [5, 5.41) is 4.12. The van der Waals surface area contributed by atoms with Crippen molar-refractivity contribution in [3.8, 4) is 0 Å². The molecule has 0 saturated carbocycles. The fourth-order valence-corrected chi connectivity index (χ4v) is 4.22. The molecule has 0 spiro atoms. The van der Waals surface area contributed by atoms with Crippen molar-refractivity contribution in [2.75, 3.05) is 0 Å². The molecule has 2 heterocycles. The Morgan fingerprint density at radius 1 is 1.09 bits per heavy atom. The highest BCUT2D eigenvalue weighted by Gasteiger charge is 2.46. The molecule has 0 aliphatic rings. The smallest absolute Gasteiger partial charge is 0.416 e. The van der Waals surface area contributed by atoms with Crippen LogP contribution in [0.1, 0.15) is 49.0 Å². The Bertz CT molecular complexity index is 1120. The normalized spacial score (nSPS) is 15.3. The number of halogens is 5. The molecule has 178 valence electrons. The van der Waals surface area contributed by atoms with Crippen LogP contribution in [0.2, 0.25) is 5.02 Å². The maximum Gasteiger partial charge on any atom is 0.416 e. The minimum absolute atomic E-state index is 0.128. The molecule has 33 heavy (non-hydrogen) atoms. The molecule has 3 aromatic rings. The number of benzene rings is 1. The molecule has 2 aromatic heterocycles. The minimum Gasteiger partial charge on any atom is -0.598 e. The highest BCUT2D eigenvalue weighted by atomic mass is 35.5. The molecule has 1 aromatic carbocycles. The van der Waals surface area contributed by atoms with E-state index in [1.807, 2.05) is 0 Å². The molecule has 0 unspecified atom stereocenters. The maximum absolute atomic E-state index is 14.5. The molecule has 0 fully saturated rings. The van der Waals surface area contributed by atoms with Gasteiger partial charge in [0.1, 0.15) is 21.9 Å². The Morgan fingerprint density at radius 3 is 2.27 bits per heavy atom. The Labute approximate surface area is 196 Å². The lowest BCUT2D eigenvalue weighted by Crippen LogP contribution is -2.53. The first-order valence-corrected chi connectivity index (χ1v) is 11.4. The van der Waals surface area contributed by atoms with E-state index in [4.69, 9.17) is 16.1 Å². The van der Waals surface area contributed by atoms with Gasteiger partial charge in [0.25, 0.3) is 0 Å². The third-order valence-electron chi connectivity index (χ3n) is 4.82. The largest absolute Gasteiger partial charge is 0.598 e. The number of pyridine rings is 1. The molecule has 11 heteroatoms. The van der Waals surface area contributed by atoms with E-state index < -0.39 is 39.2 Å². The zero-order chi connectivity index (χ0) is 24.6. The van der Waals surface area contributed by atoms with Crippen LogP contribution in [0, 0.1) is 12.7 Å². The van der Waals surface area contributed by atoms with Gasteiger partial charge in [-0.25, -0.2) is 4.39 Å². The van der Waals surface area contributed by atoms with Crippen molar-refractivity contribution < 1.29 is 26.6 Å². The van der Waals surface area contributed by atoms with Crippen molar-refractivity contribution >= 4 is 23.0 Å². The molecule has 2 atom stereocenters. The lowest BCUT2D eigenvalue weighted by molar-refractivity contribution is -0.137. The van der Waals surface area contributed by atoms with Gasteiger partial charge in [0.05, 0.1) is 22.0 Å². The summed E-state index contributed by atoms with van der Waals surface area (Å²) in [5.41, 5.74) is -2.27. The third kappa shape index (κ3) is 5.87. The third-order valence-corrected chi connectivity index (χ3v) is 6.69. The van der Waals surface area contributed by atoms with Crippen LogP contribution in [0.3, 0.4) is 0 Å². The Hall–Kier alpha value is -2.14. The molecular weight excluding hydrogens is 482 g/mol. The van der Waals surface area contributed by atoms with Crippen LogP contribution in [0.5, 0.6) is 0 Å². The van der Waals surface area contributed by atoms with E-state index in [1.54, 1.807) is 33.8 Å². The Balaban J connectivity index is 2.32. The lowest BCUT2D eigenvalue weighted by atomic mass is 9.82. The van der Waals surface area contributed by atoms with E-state index in [2.05, 4.69) is 14.9 Å². The first-order chi connectivity index (χ1) is 15.2. The first-order valence-electron chi connectivity index (χ1n) is 9.83. The van der Waals surface area contributed by atoms with Gasteiger partial charge in [-0.2, -0.15) is 13.2 Å². The highest BCUT2D eigenvalue weighted by molar-refractivity contribution is 7.90. The van der Waals surface area contributed by atoms with E-state index in [1.165, 1.54) is 18.3 Å². The predicted molar refractivity (Wildman–Crippen MR) is 117 cm³/mol. The van der Waals surface area contributed by atoms with Crippen molar-refractivity contribution in [2.24, 2.45) is 0 Å². The number of alkyl halides is 3. The molecule has 0 aliphatic heterocycles. The van der Waals surface area contributed by atoms with Gasteiger partial charge in [0, 0.05) is 30.0 Å². The Morgan fingerprint density at radius 2 is 1.76 bits per heavy atom. The topological polar surface area (TPSA) is 74.0 Å². The molecule has 1 N–H and O–H groups in total. The van der Waals surface area contributed by atoms with Gasteiger partial charge in [-0.3, -0.25) is 4.98 Å². The summed E-state index contributed by atoms with van der Waals surface area (Å²) in [6.45, 7) is 6.77. The number of rotatable bonds is 6. The average Bonchev–Trinajstić information content (AvgIpc) is 3.10. The van der Waals surface area contributed by atoms with E-state index in [0.717, 1.165) is 12.1 Å². The number of nitrogens with one attached hydrogen (secondary N) is 1.